The van der Waals surface area contributed by atoms with Gasteiger partial charge in [-0.1, -0.05) is 24.3 Å². The lowest BCUT2D eigenvalue weighted by atomic mass is 10.2. The van der Waals surface area contributed by atoms with Gasteiger partial charge >= 0.3 is 0 Å². The van der Waals surface area contributed by atoms with Crippen molar-refractivity contribution in [3.8, 4) is 0 Å². The van der Waals surface area contributed by atoms with Crippen molar-refractivity contribution in [2.24, 2.45) is 10.2 Å². The number of rotatable bonds is 4. The lowest BCUT2D eigenvalue weighted by Gasteiger charge is -1.99. The lowest BCUT2D eigenvalue weighted by Crippen LogP contribution is -1.88. The standard InChI is InChI=1S/C15H11N5O2/c21-20(22)13-7-8-15(16-10-13)19-17-9-12-6-5-11-3-1-2-4-14(11)18-12/h1-8,10H,9H2. The maximum Gasteiger partial charge on any atom is 0.287 e. The van der Waals surface area contributed by atoms with Crippen LogP contribution in [-0.4, -0.2) is 14.9 Å². The van der Waals surface area contributed by atoms with E-state index in [0.717, 1.165) is 22.8 Å². The Morgan fingerprint density at radius 3 is 2.73 bits per heavy atom. The largest absolute Gasteiger partial charge is 0.287 e. The molecule has 108 valence electrons. The molecule has 0 fully saturated rings. The number of hydrogen-bond donors (Lipinski definition) is 0. The van der Waals surface area contributed by atoms with Crippen LogP contribution in [0.1, 0.15) is 5.69 Å². The molecule has 7 heteroatoms. The average molecular weight is 293 g/mol. The van der Waals surface area contributed by atoms with Gasteiger partial charge in [-0.05, 0) is 18.2 Å². The van der Waals surface area contributed by atoms with Gasteiger partial charge < -0.3 is 0 Å². The number of pyridine rings is 2. The second kappa shape index (κ2) is 6.04. The summed E-state index contributed by atoms with van der Waals surface area (Å²) in [4.78, 5) is 18.4. The molecule has 0 aliphatic rings. The van der Waals surface area contributed by atoms with Crippen molar-refractivity contribution >= 4 is 22.4 Å². The van der Waals surface area contributed by atoms with Gasteiger partial charge in [0, 0.05) is 11.5 Å². The van der Waals surface area contributed by atoms with Crippen LogP contribution in [0.15, 0.2) is 65.0 Å². The fourth-order valence-corrected chi connectivity index (χ4v) is 1.92. The normalized spacial score (nSPS) is 11.1. The Morgan fingerprint density at radius 2 is 1.95 bits per heavy atom. The molecule has 0 saturated heterocycles. The number of nitrogens with zero attached hydrogens (tertiary/aromatic N) is 5. The van der Waals surface area contributed by atoms with Gasteiger partial charge in [0.15, 0.2) is 5.82 Å². The Balaban J connectivity index is 1.71. The van der Waals surface area contributed by atoms with Crippen molar-refractivity contribution < 1.29 is 4.92 Å². The highest BCUT2D eigenvalue weighted by Crippen LogP contribution is 2.16. The third kappa shape index (κ3) is 3.09. The van der Waals surface area contributed by atoms with E-state index in [1.54, 1.807) is 0 Å². The first kappa shape index (κ1) is 13.7. The molecule has 2 heterocycles. The zero-order valence-corrected chi connectivity index (χ0v) is 11.5. The maximum absolute atomic E-state index is 10.5. The Bertz CT molecular complexity index is 846. The molecule has 1 aromatic carbocycles. The van der Waals surface area contributed by atoms with Crippen molar-refractivity contribution in [2.75, 3.05) is 0 Å². The molecular weight excluding hydrogens is 282 g/mol. The fraction of sp³-hybridized carbons (Fsp3) is 0.0667. The summed E-state index contributed by atoms with van der Waals surface area (Å²) in [6.07, 6.45) is 1.16. The molecule has 22 heavy (non-hydrogen) atoms. The molecule has 0 atom stereocenters. The summed E-state index contributed by atoms with van der Waals surface area (Å²) in [5, 5.41) is 19.5. The summed E-state index contributed by atoms with van der Waals surface area (Å²) in [6, 6.07) is 14.5. The first-order valence-corrected chi connectivity index (χ1v) is 6.55. The van der Waals surface area contributed by atoms with Gasteiger partial charge in [0.25, 0.3) is 5.69 Å². The number of fused-ring (bicyclic) bond motifs is 1. The average Bonchev–Trinajstić information content (AvgIpc) is 2.55. The minimum atomic E-state index is -0.507. The third-order valence-electron chi connectivity index (χ3n) is 3.01. The van der Waals surface area contributed by atoms with Gasteiger partial charge in [-0.2, -0.15) is 5.11 Å². The molecule has 0 spiro atoms. The van der Waals surface area contributed by atoms with E-state index in [1.165, 1.54) is 12.1 Å². The molecule has 0 radical (unpaired) electrons. The predicted octanol–water partition coefficient (Wildman–Crippen LogP) is 3.82. The van der Waals surface area contributed by atoms with Crippen molar-refractivity contribution in [1.82, 2.24) is 9.97 Å². The van der Waals surface area contributed by atoms with Crippen LogP contribution < -0.4 is 0 Å². The van der Waals surface area contributed by atoms with E-state index in [-0.39, 0.29) is 5.69 Å². The minimum absolute atomic E-state index is 0.0739. The van der Waals surface area contributed by atoms with Crippen LogP contribution in [0.3, 0.4) is 0 Å². The number of nitro groups is 1. The molecule has 0 saturated carbocycles. The van der Waals surface area contributed by atoms with Gasteiger partial charge in [-0.3, -0.25) is 15.1 Å². The van der Waals surface area contributed by atoms with Crippen molar-refractivity contribution in [2.45, 2.75) is 6.54 Å². The molecular formula is C15H11N5O2. The first-order valence-electron chi connectivity index (χ1n) is 6.55. The highest BCUT2D eigenvalue weighted by molar-refractivity contribution is 5.78. The van der Waals surface area contributed by atoms with Gasteiger partial charge in [0.1, 0.15) is 12.7 Å². The third-order valence-corrected chi connectivity index (χ3v) is 3.01. The monoisotopic (exact) mass is 293 g/mol. The molecule has 2 aromatic heterocycles. The van der Waals surface area contributed by atoms with Crippen LogP contribution in [0, 0.1) is 10.1 Å². The summed E-state index contributed by atoms with van der Waals surface area (Å²) in [7, 11) is 0. The summed E-state index contributed by atoms with van der Waals surface area (Å²) in [5.74, 6) is 0.325. The van der Waals surface area contributed by atoms with E-state index in [1.807, 2.05) is 36.4 Å². The fourth-order valence-electron chi connectivity index (χ4n) is 1.92. The SMILES string of the molecule is O=[N+]([O-])c1ccc(N=NCc2ccc3ccccc3n2)nc1. The van der Waals surface area contributed by atoms with Gasteiger partial charge in [0.05, 0.1) is 16.1 Å². The Labute approximate surface area is 125 Å². The van der Waals surface area contributed by atoms with E-state index in [0.29, 0.717) is 12.4 Å². The topological polar surface area (TPSA) is 93.6 Å². The number of azo groups is 1. The molecule has 0 unspecified atom stereocenters. The van der Waals surface area contributed by atoms with E-state index < -0.39 is 4.92 Å². The molecule has 0 aliphatic carbocycles. The molecule has 7 nitrogen and oxygen atoms in total. The van der Waals surface area contributed by atoms with Crippen LogP contribution in [0.4, 0.5) is 11.5 Å². The molecule has 3 rings (SSSR count). The Hall–Kier alpha value is -3.22. The smallest absolute Gasteiger partial charge is 0.258 e. The number of aromatic nitrogens is 2. The molecule has 0 amide bonds. The lowest BCUT2D eigenvalue weighted by molar-refractivity contribution is -0.385. The molecule has 0 bridgehead atoms. The summed E-state index contributed by atoms with van der Waals surface area (Å²) < 4.78 is 0. The molecule has 0 aliphatic heterocycles. The Morgan fingerprint density at radius 1 is 1.09 bits per heavy atom. The van der Waals surface area contributed by atoms with Crippen molar-refractivity contribution in [1.29, 1.82) is 0 Å². The van der Waals surface area contributed by atoms with Crippen LogP contribution in [0.25, 0.3) is 10.9 Å². The highest BCUT2D eigenvalue weighted by Gasteiger charge is 2.04. The Kier molecular flexibility index (Phi) is 3.78. The first-order chi connectivity index (χ1) is 10.7. The van der Waals surface area contributed by atoms with Crippen LogP contribution in [0.5, 0.6) is 0 Å². The number of para-hydroxylation sites is 1. The van der Waals surface area contributed by atoms with Crippen LogP contribution >= 0.6 is 0 Å². The summed E-state index contributed by atoms with van der Waals surface area (Å²) in [6.45, 7) is 0.323. The predicted molar refractivity (Wildman–Crippen MR) is 80.9 cm³/mol. The van der Waals surface area contributed by atoms with E-state index in [9.17, 15) is 10.1 Å². The second-order valence-electron chi connectivity index (χ2n) is 4.53. The van der Waals surface area contributed by atoms with Gasteiger partial charge in [-0.25, -0.2) is 4.98 Å². The van der Waals surface area contributed by atoms with Gasteiger partial charge in [-0.15, -0.1) is 5.11 Å². The maximum atomic E-state index is 10.5. The van der Waals surface area contributed by atoms with Gasteiger partial charge in [0.2, 0.25) is 0 Å². The van der Waals surface area contributed by atoms with Crippen molar-refractivity contribution in [3.05, 3.63) is 70.5 Å². The van der Waals surface area contributed by atoms with Crippen LogP contribution in [0.2, 0.25) is 0 Å². The van der Waals surface area contributed by atoms with E-state index in [2.05, 4.69) is 20.2 Å². The number of hydrogen-bond acceptors (Lipinski definition) is 6. The summed E-state index contributed by atoms with van der Waals surface area (Å²) in [5.41, 5.74) is 1.63. The van der Waals surface area contributed by atoms with Crippen LogP contribution in [-0.2, 0) is 6.54 Å². The van der Waals surface area contributed by atoms with E-state index >= 15 is 0 Å². The molecule has 0 N–H and O–H groups in total. The summed E-state index contributed by atoms with van der Waals surface area (Å²) >= 11 is 0. The highest BCUT2D eigenvalue weighted by atomic mass is 16.6. The zero-order chi connectivity index (χ0) is 15.4. The zero-order valence-electron chi connectivity index (χ0n) is 11.5. The minimum Gasteiger partial charge on any atom is -0.258 e. The molecule has 3 aromatic rings. The van der Waals surface area contributed by atoms with E-state index in [4.69, 9.17) is 0 Å². The van der Waals surface area contributed by atoms with Crippen molar-refractivity contribution in [3.63, 3.8) is 0 Å². The number of benzene rings is 1. The quantitative estimate of drug-likeness (QED) is 0.415. The second-order valence-corrected chi connectivity index (χ2v) is 4.53.